The molecule has 2 rings (SSSR count). The SMILES string of the molecule is CCc1onc(C)c1NS(=O)(=O)c1ccc(OCC(=O)O)c(Cl)c1. The van der Waals surface area contributed by atoms with Gasteiger partial charge >= 0.3 is 5.97 Å². The van der Waals surface area contributed by atoms with Gasteiger partial charge in [-0.25, -0.2) is 13.2 Å². The van der Waals surface area contributed by atoms with Crippen molar-refractivity contribution in [1.82, 2.24) is 5.16 Å². The highest BCUT2D eigenvalue weighted by Gasteiger charge is 2.21. The van der Waals surface area contributed by atoms with Crippen molar-refractivity contribution in [2.45, 2.75) is 25.2 Å². The molecule has 1 aromatic heterocycles. The van der Waals surface area contributed by atoms with Crippen molar-refractivity contribution in [3.63, 3.8) is 0 Å². The largest absolute Gasteiger partial charge is 0.480 e. The molecule has 0 aliphatic carbocycles. The van der Waals surface area contributed by atoms with Crippen LogP contribution in [-0.2, 0) is 21.2 Å². The summed E-state index contributed by atoms with van der Waals surface area (Å²) >= 11 is 5.95. The smallest absolute Gasteiger partial charge is 0.341 e. The normalized spacial score (nSPS) is 11.3. The Morgan fingerprint density at radius 3 is 2.75 bits per heavy atom. The highest BCUT2D eigenvalue weighted by molar-refractivity contribution is 7.92. The second-order valence-electron chi connectivity index (χ2n) is 4.80. The topological polar surface area (TPSA) is 119 Å². The minimum Gasteiger partial charge on any atom is -0.480 e. The number of nitrogens with zero attached hydrogens (tertiary/aromatic N) is 1. The average Bonchev–Trinajstić information content (AvgIpc) is 2.85. The number of carboxylic acid groups (broad SMARTS) is 1. The van der Waals surface area contributed by atoms with Crippen molar-refractivity contribution in [1.29, 1.82) is 0 Å². The summed E-state index contributed by atoms with van der Waals surface area (Å²) in [7, 11) is -3.92. The van der Waals surface area contributed by atoms with Crippen LogP contribution in [0.2, 0.25) is 5.02 Å². The Hall–Kier alpha value is -2.26. The van der Waals surface area contributed by atoms with Crippen LogP contribution in [0, 0.1) is 6.92 Å². The molecular formula is C14H15ClN2O6S. The lowest BCUT2D eigenvalue weighted by Gasteiger charge is -2.10. The zero-order chi connectivity index (χ0) is 17.9. The summed E-state index contributed by atoms with van der Waals surface area (Å²) in [6, 6.07) is 3.73. The number of hydrogen-bond acceptors (Lipinski definition) is 6. The maximum atomic E-state index is 12.5. The fourth-order valence-corrected chi connectivity index (χ4v) is 3.36. The first kappa shape index (κ1) is 18.1. The zero-order valence-corrected chi connectivity index (χ0v) is 14.4. The van der Waals surface area contributed by atoms with Gasteiger partial charge in [0, 0.05) is 6.42 Å². The second kappa shape index (κ2) is 7.10. The maximum Gasteiger partial charge on any atom is 0.341 e. The molecule has 0 bridgehead atoms. The van der Waals surface area contributed by atoms with Crippen LogP contribution < -0.4 is 9.46 Å². The minimum absolute atomic E-state index is 0.0168. The minimum atomic E-state index is -3.92. The van der Waals surface area contributed by atoms with E-state index in [1.165, 1.54) is 18.2 Å². The molecule has 0 atom stereocenters. The number of sulfonamides is 1. The van der Waals surface area contributed by atoms with E-state index < -0.39 is 22.6 Å². The fraction of sp³-hybridized carbons (Fsp3) is 0.286. The van der Waals surface area contributed by atoms with Gasteiger partial charge in [-0.1, -0.05) is 23.7 Å². The predicted octanol–water partition coefficient (Wildman–Crippen LogP) is 2.46. The van der Waals surface area contributed by atoms with Gasteiger partial charge in [0.2, 0.25) is 0 Å². The molecule has 24 heavy (non-hydrogen) atoms. The van der Waals surface area contributed by atoms with Crippen molar-refractivity contribution < 1.29 is 27.6 Å². The zero-order valence-electron chi connectivity index (χ0n) is 12.9. The number of halogens is 1. The van der Waals surface area contributed by atoms with E-state index >= 15 is 0 Å². The Morgan fingerprint density at radius 1 is 1.46 bits per heavy atom. The van der Waals surface area contributed by atoms with Crippen LogP contribution in [0.5, 0.6) is 5.75 Å². The molecule has 2 aromatic rings. The number of ether oxygens (including phenoxy) is 1. The van der Waals surface area contributed by atoms with Crippen LogP contribution >= 0.6 is 11.6 Å². The summed E-state index contributed by atoms with van der Waals surface area (Å²) in [5, 5.41) is 12.3. The fourth-order valence-electron chi connectivity index (χ4n) is 1.89. The third-order valence-electron chi connectivity index (χ3n) is 3.06. The maximum absolute atomic E-state index is 12.5. The van der Waals surface area contributed by atoms with E-state index in [9.17, 15) is 13.2 Å². The van der Waals surface area contributed by atoms with Crippen LogP contribution in [0.25, 0.3) is 0 Å². The number of benzene rings is 1. The molecular weight excluding hydrogens is 360 g/mol. The molecule has 0 aliphatic rings. The Morgan fingerprint density at radius 2 is 2.17 bits per heavy atom. The molecule has 1 heterocycles. The van der Waals surface area contributed by atoms with E-state index in [-0.39, 0.29) is 15.7 Å². The van der Waals surface area contributed by atoms with E-state index in [1.807, 2.05) is 6.92 Å². The van der Waals surface area contributed by atoms with Gasteiger partial charge in [0.25, 0.3) is 10.0 Å². The standard InChI is InChI=1S/C14H15ClN2O6S/c1-3-11-14(8(2)16-23-11)17-24(20,21)9-4-5-12(10(15)6-9)22-7-13(18)19/h4-6,17H,3,7H2,1-2H3,(H,18,19). The molecule has 10 heteroatoms. The van der Waals surface area contributed by atoms with Crippen LogP contribution in [0.1, 0.15) is 18.4 Å². The van der Waals surface area contributed by atoms with Crippen molar-refractivity contribution in [3.8, 4) is 5.75 Å². The quantitative estimate of drug-likeness (QED) is 0.763. The monoisotopic (exact) mass is 374 g/mol. The lowest BCUT2D eigenvalue weighted by Crippen LogP contribution is -2.14. The molecule has 0 spiro atoms. The first-order valence-corrected chi connectivity index (χ1v) is 8.72. The number of aliphatic carboxylic acids is 1. The van der Waals surface area contributed by atoms with Crippen LogP contribution in [0.15, 0.2) is 27.6 Å². The second-order valence-corrected chi connectivity index (χ2v) is 6.89. The summed E-state index contributed by atoms with van der Waals surface area (Å²) in [5.74, 6) is -0.670. The van der Waals surface area contributed by atoms with E-state index in [0.29, 0.717) is 23.6 Å². The van der Waals surface area contributed by atoms with E-state index in [1.54, 1.807) is 6.92 Å². The molecule has 0 fully saturated rings. The van der Waals surface area contributed by atoms with Gasteiger partial charge in [-0.15, -0.1) is 0 Å². The third kappa shape index (κ3) is 3.98. The van der Waals surface area contributed by atoms with Crippen LogP contribution in [0.3, 0.4) is 0 Å². The first-order chi connectivity index (χ1) is 11.2. The number of hydrogen-bond donors (Lipinski definition) is 2. The Labute approximate surface area is 143 Å². The number of carboxylic acids is 1. The third-order valence-corrected chi connectivity index (χ3v) is 4.70. The van der Waals surface area contributed by atoms with Gasteiger partial charge in [0.1, 0.15) is 17.1 Å². The summed E-state index contributed by atoms with van der Waals surface area (Å²) in [4.78, 5) is 10.4. The van der Waals surface area contributed by atoms with Gasteiger partial charge in [-0.3, -0.25) is 4.72 Å². The predicted molar refractivity (Wildman–Crippen MR) is 86.0 cm³/mol. The molecule has 0 amide bonds. The molecule has 0 radical (unpaired) electrons. The van der Waals surface area contributed by atoms with Crippen LogP contribution in [-0.4, -0.2) is 31.3 Å². The number of rotatable bonds is 7. The number of anilines is 1. The number of carbonyl (C=O) groups is 1. The van der Waals surface area contributed by atoms with Crippen LogP contribution in [0.4, 0.5) is 5.69 Å². The van der Waals surface area contributed by atoms with E-state index in [2.05, 4.69) is 9.88 Å². The molecule has 130 valence electrons. The van der Waals surface area contributed by atoms with Crippen molar-refractivity contribution in [3.05, 3.63) is 34.7 Å². The average molecular weight is 375 g/mol. The van der Waals surface area contributed by atoms with E-state index in [0.717, 1.165) is 0 Å². The van der Waals surface area contributed by atoms with Gasteiger partial charge in [-0.05, 0) is 25.1 Å². The van der Waals surface area contributed by atoms with Gasteiger partial charge in [0.15, 0.2) is 12.4 Å². The molecule has 0 aliphatic heterocycles. The Bertz CT molecular complexity index is 862. The van der Waals surface area contributed by atoms with Gasteiger partial charge in [-0.2, -0.15) is 0 Å². The van der Waals surface area contributed by atoms with Crippen molar-refractivity contribution in [2.75, 3.05) is 11.3 Å². The first-order valence-electron chi connectivity index (χ1n) is 6.86. The van der Waals surface area contributed by atoms with Gasteiger partial charge < -0.3 is 14.4 Å². The molecule has 1 aromatic carbocycles. The van der Waals surface area contributed by atoms with Crippen molar-refractivity contribution >= 4 is 33.3 Å². The number of aromatic nitrogens is 1. The summed E-state index contributed by atoms with van der Waals surface area (Å²) in [5.41, 5.74) is 0.711. The summed E-state index contributed by atoms with van der Waals surface area (Å²) in [6.45, 7) is 2.85. The number of nitrogens with one attached hydrogen (secondary N) is 1. The van der Waals surface area contributed by atoms with Gasteiger partial charge in [0.05, 0.1) is 9.92 Å². The lowest BCUT2D eigenvalue weighted by molar-refractivity contribution is -0.139. The summed E-state index contributed by atoms with van der Waals surface area (Å²) < 4.78 is 37.4. The number of aryl methyl sites for hydroxylation is 2. The molecule has 8 nitrogen and oxygen atoms in total. The Kier molecular flexibility index (Phi) is 5.35. The highest BCUT2D eigenvalue weighted by atomic mass is 35.5. The molecule has 0 saturated heterocycles. The highest BCUT2D eigenvalue weighted by Crippen LogP contribution is 2.29. The van der Waals surface area contributed by atoms with E-state index in [4.69, 9.17) is 26.0 Å². The summed E-state index contributed by atoms with van der Waals surface area (Å²) in [6.07, 6.45) is 0.474. The molecule has 0 unspecified atom stereocenters. The molecule has 2 N–H and O–H groups in total. The van der Waals surface area contributed by atoms with Crippen molar-refractivity contribution in [2.24, 2.45) is 0 Å². The molecule has 0 saturated carbocycles. The Balaban J connectivity index is 2.28. The lowest BCUT2D eigenvalue weighted by atomic mass is 10.3.